The zero-order chi connectivity index (χ0) is 23.5. The number of sulfonamides is 1. The molecule has 0 aliphatic heterocycles. The number of nitrogens with zero attached hydrogens (tertiary/aromatic N) is 2. The summed E-state index contributed by atoms with van der Waals surface area (Å²) in [6.07, 6.45) is 6.09. The van der Waals surface area contributed by atoms with Gasteiger partial charge in [0.05, 0.1) is 22.9 Å². The molecule has 8 nitrogen and oxygen atoms in total. The summed E-state index contributed by atoms with van der Waals surface area (Å²) >= 11 is 0. The van der Waals surface area contributed by atoms with Gasteiger partial charge in [-0.1, -0.05) is 31.2 Å². The summed E-state index contributed by atoms with van der Waals surface area (Å²) < 4.78 is 25.8. The highest BCUT2D eigenvalue weighted by atomic mass is 32.2. The third kappa shape index (κ3) is 5.45. The van der Waals surface area contributed by atoms with Crippen molar-refractivity contribution in [1.29, 1.82) is 0 Å². The first-order valence-electron chi connectivity index (χ1n) is 10.7. The zero-order valence-electron chi connectivity index (χ0n) is 18.6. The maximum absolute atomic E-state index is 12.9. The van der Waals surface area contributed by atoms with Gasteiger partial charge in [-0.2, -0.15) is 0 Å². The molecule has 0 fully saturated rings. The molecule has 0 heterocycles. The molecule has 0 saturated carbocycles. The van der Waals surface area contributed by atoms with E-state index in [1.54, 1.807) is 6.92 Å². The standard InChI is InChI=1S/C23H29N3O5S/c1-4-21(19-11-10-17-7-5-6-8-18(17)13-19)24-23(27)15-25(32(3,30)31)22-14-20(26(28)29)12-9-16(22)2/h9-14,21H,4-8,15H2,1-3H3,(H,24,27)/t21-/m0/s1. The lowest BCUT2D eigenvalue weighted by Crippen LogP contribution is -2.41. The molecule has 3 rings (SSSR count). The van der Waals surface area contributed by atoms with Crippen LogP contribution < -0.4 is 9.62 Å². The lowest BCUT2D eigenvalue weighted by atomic mass is 9.89. The van der Waals surface area contributed by atoms with Crippen LogP contribution in [0.4, 0.5) is 11.4 Å². The van der Waals surface area contributed by atoms with E-state index in [4.69, 9.17) is 0 Å². The summed E-state index contributed by atoms with van der Waals surface area (Å²) in [7, 11) is -3.85. The highest BCUT2D eigenvalue weighted by Gasteiger charge is 2.25. The van der Waals surface area contributed by atoms with Crippen molar-refractivity contribution >= 4 is 27.3 Å². The van der Waals surface area contributed by atoms with Crippen LogP contribution in [0.15, 0.2) is 36.4 Å². The molecule has 172 valence electrons. The Hall–Kier alpha value is -2.94. The summed E-state index contributed by atoms with van der Waals surface area (Å²) in [5, 5.41) is 14.1. The molecule has 0 aromatic heterocycles. The summed E-state index contributed by atoms with van der Waals surface area (Å²) in [5.41, 5.74) is 4.07. The van der Waals surface area contributed by atoms with Crippen molar-refractivity contribution in [2.75, 3.05) is 17.1 Å². The number of nitro benzene ring substituents is 1. The Kier molecular flexibility index (Phi) is 7.18. The molecule has 2 aromatic carbocycles. The number of non-ortho nitro benzene ring substituents is 1. The SMILES string of the molecule is CC[C@H](NC(=O)CN(c1cc([N+](=O)[O-])ccc1C)S(C)(=O)=O)c1ccc2c(c1)CCCC2. The number of nitrogens with one attached hydrogen (secondary N) is 1. The smallest absolute Gasteiger partial charge is 0.271 e. The fourth-order valence-electron chi connectivity index (χ4n) is 4.12. The first-order chi connectivity index (χ1) is 15.1. The van der Waals surface area contributed by atoms with E-state index in [0.29, 0.717) is 12.0 Å². The van der Waals surface area contributed by atoms with Gasteiger partial charge in [0.1, 0.15) is 6.54 Å². The normalized spacial score (nSPS) is 14.3. The molecule has 0 unspecified atom stereocenters. The van der Waals surface area contributed by atoms with Crippen LogP contribution in [-0.2, 0) is 27.7 Å². The number of rotatable bonds is 8. The number of fused-ring (bicyclic) bond motifs is 1. The Morgan fingerprint density at radius 1 is 1.16 bits per heavy atom. The number of hydrogen-bond acceptors (Lipinski definition) is 5. The van der Waals surface area contributed by atoms with E-state index in [9.17, 15) is 23.3 Å². The Morgan fingerprint density at radius 2 is 1.84 bits per heavy atom. The molecule has 0 bridgehead atoms. The van der Waals surface area contributed by atoms with Crippen LogP contribution in [-0.4, -0.2) is 32.0 Å². The van der Waals surface area contributed by atoms with E-state index >= 15 is 0 Å². The highest BCUT2D eigenvalue weighted by molar-refractivity contribution is 7.92. The van der Waals surface area contributed by atoms with Gasteiger partial charge in [0.25, 0.3) is 5.69 Å². The molecule has 2 aromatic rings. The first kappa shape index (κ1) is 23.7. The molecule has 1 aliphatic carbocycles. The highest BCUT2D eigenvalue weighted by Crippen LogP contribution is 2.28. The maximum atomic E-state index is 12.9. The van der Waals surface area contributed by atoms with E-state index in [2.05, 4.69) is 17.4 Å². The lowest BCUT2D eigenvalue weighted by molar-refractivity contribution is -0.384. The van der Waals surface area contributed by atoms with Gasteiger partial charge in [-0.15, -0.1) is 0 Å². The van der Waals surface area contributed by atoms with Gasteiger partial charge < -0.3 is 5.32 Å². The van der Waals surface area contributed by atoms with Crippen molar-refractivity contribution in [3.63, 3.8) is 0 Å². The number of carbonyl (C=O) groups is 1. The van der Waals surface area contributed by atoms with Crippen LogP contribution in [0.3, 0.4) is 0 Å². The van der Waals surface area contributed by atoms with Crippen molar-refractivity contribution in [2.45, 2.75) is 52.0 Å². The number of benzene rings is 2. The molecule has 1 amide bonds. The maximum Gasteiger partial charge on any atom is 0.271 e. The fourth-order valence-corrected chi connectivity index (χ4v) is 5.03. The monoisotopic (exact) mass is 459 g/mol. The van der Waals surface area contributed by atoms with Crippen molar-refractivity contribution in [3.05, 3.63) is 68.8 Å². The van der Waals surface area contributed by atoms with Crippen LogP contribution in [0.2, 0.25) is 0 Å². The minimum absolute atomic E-state index is 0.124. The third-order valence-corrected chi connectivity index (χ3v) is 7.00. The second-order valence-electron chi connectivity index (χ2n) is 8.26. The van der Waals surface area contributed by atoms with Crippen LogP contribution >= 0.6 is 0 Å². The molecule has 1 atom stereocenters. The molecule has 0 saturated heterocycles. The third-order valence-electron chi connectivity index (χ3n) is 5.88. The summed E-state index contributed by atoms with van der Waals surface area (Å²) in [4.78, 5) is 23.5. The largest absolute Gasteiger partial charge is 0.348 e. The Labute approximate surface area is 188 Å². The van der Waals surface area contributed by atoms with Gasteiger partial charge in [-0.25, -0.2) is 8.42 Å². The van der Waals surface area contributed by atoms with Crippen molar-refractivity contribution in [1.82, 2.24) is 5.32 Å². The van der Waals surface area contributed by atoms with Gasteiger partial charge >= 0.3 is 0 Å². The average Bonchev–Trinajstić information content (AvgIpc) is 2.75. The zero-order valence-corrected chi connectivity index (χ0v) is 19.4. The van der Waals surface area contributed by atoms with Crippen LogP contribution in [0.25, 0.3) is 0 Å². The molecule has 32 heavy (non-hydrogen) atoms. The summed E-state index contributed by atoms with van der Waals surface area (Å²) in [6, 6.07) is 10.0. The van der Waals surface area contributed by atoms with E-state index in [0.717, 1.165) is 35.4 Å². The number of carbonyl (C=O) groups excluding carboxylic acids is 1. The van der Waals surface area contributed by atoms with Crippen LogP contribution in [0.5, 0.6) is 0 Å². The van der Waals surface area contributed by atoms with Crippen molar-refractivity contribution in [2.24, 2.45) is 0 Å². The van der Waals surface area contributed by atoms with Crippen LogP contribution in [0.1, 0.15) is 54.5 Å². The lowest BCUT2D eigenvalue weighted by Gasteiger charge is -2.26. The summed E-state index contributed by atoms with van der Waals surface area (Å²) in [6.45, 7) is 3.16. The van der Waals surface area contributed by atoms with Gasteiger partial charge in [0, 0.05) is 12.1 Å². The first-order valence-corrected chi connectivity index (χ1v) is 12.6. The second kappa shape index (κ2) is 9.68. The minimum atomic E-state index is -3.85. The van der Waals surface area contributed by atoms with Gasteiger partial charge in [-0.3, -0.25) is 19.2 Å². The topological polar surface area (TPSA) is 110 Å². The number of nitro groups is 1. The number of amides is 1. The number of hydrogen-bond donors (Lipinski definition) is 1. The summed E-state index contributed by atoms with van der Waals surface area (Å²) in [5.74, 6) is -0.467. The predicted molar refractivity (Wildman–Crippen MR) is 124 cm³/mol. The van der Waals surface area contributed by atoms with Gasteiger partial charge in [0.15, 0.2) is 0 Å². The molecule has 1 aliphatic rings. The van der Waals surface area contributed by atoms with E-state index in [1.165, 1.54) is 35.7 Å². The minimum Gasteiger partial charge on any atom is -0.348 e. The predicted octanol–water partition coefficient (Wildman–Crippen LogP) is 3.82. The van der Waals surface area contributed by atoms with E-state index < -0.39 is 27.4 Å². The van der Waals surface area contributed by atoms with Gasteiger partial charge in [0.2, 0.25) is 15.9 Å². The number of anilines is 1. The average molecular weight is 460 g/mol. The van der Waals surface area contributed by atoms with Crippen molar-refractivity contribution in [3.8, 4) is 0 Å². The molecule has 0 spiro atoms. The quantitative estimate of drug-likeness (QED) is 0.477. The molecular formula is C23H29N3O5S. The van der Waals surface area contributed by atoms with E-state index in [-0.39, 0.29) is 17.4 Å². The van der Waals surface area contributed by atoms with E-state index in [1.807, 2.05) is 13.0 Å². The number of aryl methyl sites for hydroxylation is 3. The molecule has 0 radical (unpaired) electrons. The van der Waals surface area contributed by atoms with Crippen LogP contribution in [0, 0.1) is 17.0 Å². The molecule has 1 N–H and O–H groups in total. The Bertz CT molecular complexity index is 1130. The Balaban J connectivity index is 1.83. The van der Waals surface area contributed by atoms with Gasteiger partial charge in [-0.05, 0) is 61.3 Å². The molecular weight excluding hydrogens is 430 g/mol. The second-order valence-corrected chi connectivity index (χ2v) is 10.2. The Morgan fingerprint density at radius 3 is 2.47 bits per heavy atom. The fraction of sp³-hybridized carbons (Fsp3) is 0.435. The van der Waals surface area contributed by atoms with Crippen molar-refractivity contribution < 1.29 is 18.1 Å². The molecule has 9 heteroatoms.